The zero-order valence-electron chi connectivity index (χ0n) is 16.7. The molecule has 1 aromatic carbocycles. The molecule has 0 aliphatic carbocycles. The van der Waals surface area contributed by atoms with E-state index in [1.54, 1.807) is 12.1 Å². The van der Waals surface area contributed by atoms with Crippen molar-refractivity contribution in [3.05, 3.63) is 29.8 Å². The van der Waals surface area contributed by atoms with E-state index in [1.807, 2.05) is 12.1 Å². The molecule has 0 heterocycles. The molecule has 0 radical (unpaired) electrons. The fourth-order valence-corrected chi connectivity index (χ4v) is 4.30. The third kappa shape index (κ3) is 11.0. The molecule has 150 valence electrons. The topological polar surface area (TPSA) is 60.2 Å². The second kappa shape index (κ2) is 14.2. The minimum Gasteiger partial charge on any atom is -0.225 e. The summed E-state index contributed by atoms with van der Waals surface area (Å²) in [5.41, 5.74) is 0.855. The Morgan fingerprint density at radius 2 is 1.12 bits per heavy atom. The van der Waals surface area contributed by atoms with E-state index in [0.717, 1.165) is 24.8 Å². The Morgan fingerprint density at radius 3 is 1.58 bits per heavy atom. The predicted molar refractivity (Wildman–Crippen MR) is 112 cm³/mol. The zero-order chi connectivity index (χ0) is 19.1. The number of hydrogen-bond donors (Lipinski definition) is 1. The molecule has 0 saturated carbocycles. The molecule has 3 nitrogen and oxygen atoms in total. The maximum absolute atomic E-state index is 11.6. The van der Waals surface area contributed by atoms with Crippen LogP contribution in [0, 0.1) is 0 Å². The van der Waals surface area contributed by atoms with Crippen LogP contribution in [0.25, 0.3) is 0 Å². The summed E-state index contributed by atoms with van der Waals surface area (Å²) in [5, 5.41) is 5.28. The van der Waals surface area contributed by atoms with E-state index in [2.05, 4.69) is 6.92 Å². The van der Waals surface area contributed by atoms with Crippen LogP contribution in [0.4, 0.5) is 0 Å². The highest BCUT2D eigenvalue weighted by Gasteiger charge is 2.12. The zero-order valence-corrected chi connectivity index (χ0v) is 17.5. The lowest BCUT2D eigenvalue weighted by Gasteiger charge is -2.07. The molecular formula is C22H39NO2S. The average molecular weight is 382 g/mol. The van der Waals surface area contributed by atoms with Crippen LogP contribution in [-0.4, -0.2) is 8.42 Å². The highest BCUT2D eigenvalue weighted by molar-refractivity contribution is 7.89. The summed E-state index contributed by atoms with van der Waals surface area (Å²) >= 11 is 0. The van der Waals surface area contributed by atoms with Crippen molar-refractivity contribution >= 4 is 10.0 Å². The molecule has 1 aromatic rings. The van der Waals surface area contributed by atoms with E-state index in [9.17, 15) is 8.42 Å². The van der Waals surface area contributed by atoms with Gasteiger partial charge < -0.3 is 0 Å². The molecule has 0 bridgehead atoms. The van der Waals surface area contributed by atoms with Gasteiger partial charge in [0.2, 0.25) is 10.0 Å². The van der Waals surface area contributed by atoms with E-state index in [-0.39, 0.29) is 4.90 Å². The monoisotopic (exact) mass is 381 g/mol. The Labute approximate surface area is 161 Å². The lowest BCUT2D eigenvalue weighted by molar-refractivity contribution is 0.535. The van der Waals surface area contributed by atoms with Crippen molar-refractivity contribution in [2.24, 2.45) is 5.14 Å². The summed E-state index contributed by atoms with van der Waals surface area (Å²) in [5.74, 6) is 0. The second-order valence-corrected chi connectivity index (χ2v) is 9.03. The second-order valence-electron chi connectivity index (χ2n) is 7.50. The number of aryl methyl sites for hydroxylation is 1. The van der Waals surface area contributed by atoms with Gasteiger partial charge in [0, 0.05) is 0 Å². The summed E-state index contributed by atoms with van der Waals surface area (Å²) in [6.45, 7) is 2.27. The van der Waals surface area contributed by atoms with Gasteiger partial charge in [-0.05, 0) is 24.5 Å². The van der Waals surface area contributed by atoms with Gasteiger partial charge in [0.15, 0.2) is 0 Å². The normalized spacial score (nSPS) is 11.8. The number of sulfonamides is 1. The van der Waals surface area contributed by atoms with Crippen LogP contribution in [0.2, 0.25) is 0 Å². The molecule has 0 aliphatic heterocycles. The first-order valence-corrected chi connectivity index (χ1v) is 12.2. The number of benzene rings is 1. The minimum atomic E-state index is -3.60. The number of unbranched alkanes of at least 4 members (excludes halogenated alkanes) is 13. The largest absolute Gasteiger partial charge is 0.238 e. The summed E-state index contributed by atoms with van der Waals surface area (Å²) in [7, 11) is -3.60. The van der Waals surface area contributed by atoms with Crippen LogP contribution in [-0.2, 0) is 16.4 Å². The van der Waals surface area contributed by atoms with Crippen LogP contribution in [0.3, 0.4) is 0 Å². The lowest BCUT2D eigenvalue weighted by atomic mass is 10.0. The van der Waals surface area contributed by atoms with E-state index in [0.29, 0.717) is 0 Å². The Morgan fingerprint density at radius 1 is 0.692 bits per heavy atom. The van der Waals surface area contributed by atoms with Crippen LogP contribution < -0.4 is 5.14 Å². The summed E-state index contributed by atoms with van der Waals surface area (Å²) in [4.78, 5) is 0.287. The fraction of sp³-hybridized carbons (Fsp3) is 0.727. The molecule has 26 heavy (non-hydrogen) atoms. The summed E-state index contributed by atoms with van der Waals surface area (Å²) in [6, 6.07) is 7.10. The SMILES string of the molecule is CCCCCCCCCCCCCCCCc1ccccc1S(N)(=O)=O. The Balaban J connectivity index is 1.98. The van der Waals surface area contributed by atoms with Crippen molar-refractivity contribution in [2.45, 2.75) is 108 Å². The quantitative estimate of drug-likeness (QED) is 0.339. The smallest absolute Gasteiger partial charge is 0.225 e. The van der Waals surface area contributed by atoms with Gasteiger partial charge in [-0.3, -0.25) is 0 Å². The lowest BCUT2D eigenvalue weighted by Crippen LogP contribution is -2.14. The van der Waals surface area contributed by atoms with Gasteiger partial charge in [-0.15, -0.1) is 0 Å². The number of hydrogen-bond acceptors (Lipinski definition) is 2. The molecule has 0 amide bonds. The predicted octanol–water partition coefficient (Wildman–Crippen LogP) is 6.36. The van der Waals surface area contributed by atoms with Crippen molar-refractivity contribution in [1.29, 1.82) is 0 Å². The fourth-order valence-electron chi connectivity index (χ4n) is 3.50. The standard InChI is InChI=1S/C22H39NO2S/c1-2-3-4-5-6-7-8-9-10-11-12-13-14-15-18-21-19-16-17-20-22(21)26(23,24)25/h16-17,19-20H,2-15,18H2,1H3,(H2,23,24,25). The maximum Gasteiger partial charge on any atom is 0.238 e. The van der Waals surface area contributed by atoms with Gasteiger partial charge in [0.25, 0.3) is 0 Å². The van der Waals surface area contributed by atoms with Crippen molar-refractivity contribution in [3.8, 4) is 0 Å². The van der Waals surface area contributed by atoms with Crippen LogP contribution >= 0.6 is 0 Å². The first-order valence-electron chi connectivity index (χ1n) is 10.7. The van der Waals surface area contributed by atoms with Crippen molar-refractivity contribution < 1.29 is 8.42 Å². The van der Waals surface area contributed by atoms with E-state index in [1.165, 1.54) is 77.0 Å². The van der Waals surface area contributed by atoms with E-state index >= 15 is 0 Å². The van der Waals surface area contributed by atoms with E-state index in [4.69, 9.17) is 5.14 Å². The highest BCUT2D eigenvalue weighted by Crippen LogP contribution is 2.18. The van der Waals surface area contributed by atoms with Gasteiger partial charge >= 0.3 is 0 Å². The van der Waals surface area contributed by atoms with Crippen LogP contribution in [0.5, 0.6) is 0 Å². The average Bonchev–Trinajstić information content (AvgIpc) is 2.61. The molecule has 0 aliphatic rings. The van der Waals surface area contributed by atoms with Crippen molar-refractivity contribution in [1.82, 2.24) is 0 Å². The molecule has 1 rings (SSSR count). The Hall–Kier alpha value is -0.870. The third-order valence-electron chi connectivity index (χ3n) is 5.08. The minimum absolute atomic E-state index is 0.287. The maximum atomic E-state index is 11.6. The molecule has 2 N–H and O–H groups in total. The molecule has 0 unspecified atom stereocenters. The molecule has 0 atom stereocenters. The van der Waals surface area contributed by atoms with Gasteiger partial charge in [-0.25, -0.2) is 13.6 Å². The number of rotatable bonds is 16. The summed E-state index contributed by atoms with van der Waals surface area (Å²) in [6.07, 6.45) is 19.4. The molecular weight excluding hydrogens is 342 g/mol. The third-order valence-corrected chi connectivity index (χ3v) is 6.09. The summed E-state index contributed by atoms with van der Waals surface area (Å²) < 4.78 is 23.2. The number of nitrogens with two attached hydrogens (primary N) is 1. The van der Waals surface area contributed by atoms with Crippen molar-refractivity contribution in [2.75, 3.05) is 0 Å². The first-order chi connectivity index (χ1) is 12.6. The Kier molecular flexibility index (Phi) is 12.7. The van der Waals surface area contributed by atoms with Crippen LogP contribution in [0.1, 0.15) is 102 Å². The van der Waals surface area contributed by atoms with Crippen LogP contribution in [0.15, 0.2) is 29.2 Å². The highest BCUT2D eigenvalue weighted by atomic mass is 32.2. The van der Waals surface area contributed by atoms with E-state index < -0.39 is 10.0 Å². The molecule has 0 fully saturated rings. The first kappa shape index (κ1) is 23.2. The molecule has 0 saturated heterocycles. The number of primary sulfonamides is 1. The molecule has 0 spiro atoms. The Bertz CT molecular complexity index is 569. The van der Waals surface area contributed by atoms with Crippen molar-refractivity contribution in [3.63, 3.8) is 0 Å². The van der Waals surface area contributed by atoms with Gasteiger partial charge in [0.1, 0.15) is 0 Å². The van der Waals surface area contributed by atoms with Gasteiger partial charge in [-0.2, -0.15) is 0 Å². The van der Waals surface area contributed by atoms with Gasteiger partial charge in [0.05, 0.1) is 4.90 Å². The van der Waals surface area contributed by atoms with Gasteiger partial charge in [-0.1, -0.05) is 109 Å². The molecule has 0 aromatic heterocycles. The molecule has 4 heteroatoms.